The molecular formula is C28H29N3O4S. The summed E-state index contributed by atoms with van der Waals surface area (Å²) in [6.07, 6.45) is 4.35. The second-order valence-corrected chi connectivity index (χ2v) is 9.50. The Morgan fingerprint density at radius 2 is 1.67 bits per heavy atom. The number of carbonyl (C=O) groups excluding carboxylic acids is 4. The van der Waals surface area contributed by atoms with E-state index in [9.17, 15) is 19.2 Å². The summed E-state index contributed by atoms with van der Waals surface area (Å²) in [7, 11) is 0. The summed E-state index contributed by atoms with van der Waals surface area (Å²) in [4.78, 5) is 54.2. The van der Waals surface area contributed by atoms with Gasteiger partial charge in [-0.1, -0.05) is 55.5 Å². The third kappa shape index (κ3) is 4.99. The van der Waals surface area contributed by atoms with Gasteiger partial charge >= 0.3 is 0 Å². The van der Waals surface area contributed by atoms with Crippen LogP contribution in [-0.4, -0.2) is 56.8 Å². The van der Waals surface area contributed by atoms with Crippen LogP contribution in [0.2, 0.25) is 0 Å². The molecule has 4 rings (SSSR count). The number of carbonyl (C=O) groups is 4. The molecule has 0 bridgehead atoms. The highest BCUT2D eigenvalue weighted by Gasteiger charge is 2.36. The minimum Gasteiger partial charge on any atom is -0.342 e. The molecule has 1 fully saturated rings. The van der Waals surface area contributed by atoms with Crippen LogP contribution in [-0.2, 0) is 22.6 Å². The number of rotatable bonds is 9. The van der Waals surface area contributed by atoms with Gasteiger partial charge in [-0.3, -0.25) is 24.1 Å². The van der Waals surface area contributed by atoms with Crippen LogP contribution < -0.4 is 0 Å². The number of fused-ring (bicyclic) bond motifs is 1. The largest absolute Gasteiger partial charge is 0.342 e. The zero-order valence-corrected chi connectivity index (χ0v) is 21.5. The van der Waals surface area contributed by atoms with E-state index in [0.29, 0.717) is 18.7 Å². The molecule has 1 saturated heterocycles. The maximum atomic E-state index is 13.1. The van der Waals surface area contributed by atoms with Gasteiger partial charge in [-0.25, -0.2) is 0 Å². The molecule has 1 aliphatic heterocycles. The summed E-state index contributed by atoms with van der Waals surface area (Å²) in [5.74, 6) is -0.756. The Hall–Kier alpha value is -3.65. The number of aromatic nitrogens is 1. The van der Waals surface area contributed by atoms with Crippen LogP contribution in [0, 0.1) is 0 Å². The average Bonchev–Trinajstić information content (AvgIpc) is 3.36. The molecule has 0 atom stereocenters. The van der Waals surface area contributed by atoms with Crippen molar-refractivity contribution in [3.8, 4) is 0 Å². The lowest BCUT2D eigenvalue weighted by Crippen LogP contribution is -2.33. The number of amides is 3. The molecule has 0 aliphatic carbocycles. The number of thioether (sulfide) groups is 1. The molecule has 0 saturated carbocycles. The Labute approximate surface area is 214 Å². The summed E-state index contributed by atoms with van der Waals surface area (Å²) >= 11 is 0.830. The van der Waals surface area contributed by atoms with Crippen molar-refractivity contribution in [3.05, 3.63) is 76.3 Å². The average molecular weight is 504 g/mol. The first-order chi connectivity index (χ1) is 17.4. The predicted octanol–water partition coefficient (Wildman–Crippen LogP) is 4.99. The fourth-order valence-electron chi connectivity index (χ4n) is 4.45. The maximum Gasteiger partial charge on any atom is 0.293 e. The highest BCUT2D eigenvalue weighted by molar-refractivity contribution is 8.18. The SMILES string of the molecule is CCc1cccc2c(/C=C3\SC(=O)N(CC(=O)c4ccccc4)C3=O)cn(CC(=O)N(CC)CC)c12. The van der Waals surface area contributed by atoms with Crippen molar-refractivity contribution in [2.45, 2.75) is 33.7 Å². The number of para-hydroxylation sites is 1. The Morgan fingerprint density at radius 1 is 0.944 bits per heavy atom. The third-order valence-electron chi connectivity index (χ3n) is 6.37. The molecule has 0 unspecified atom stereocenters. The minimum absolute atomic E-state index is 0.0223. The van der Waals surface area contributed by atoms with Gasteiger partial charge in [0.2, 0.25) is 5.91 Å². The van der Waals surface area contributed by atoms with E-state index in [-0.39, 0.29) is 29.7 Å². The van der Waals surface area contributed by atoms with Gasteiger partial charge in [-0.2, -0.15) is 0 Å². The Bertz CT molecular complexity index is 1360. The van der Waals surface area contributed by atoms with E-state index in [2.05, 4.69) is 6.92 Å². The Kier molecular flexibility index (Phi) is 7.74. The number of ketones is 1. The fraction of sp³-hybridized carbons (Fsp3) is 0.286. The predicted molar refractivity (Wildman–Crippen MR) is 143 cm³/mol. The van der Waals surface area contributed by atoms with Gasteiger partial charge in [0.15, 0.2) is 5.78 Å². The van der Waals surface area contributed by atoms with Crippen LogP contribution in [0.15, 0.2) is 59.6 Å². The second kappa shape index (κ2) is 11.0. The molecule has 0 N–H and O–H groups in total. The lowest BCUT2D eigenvalue weighted by atomic mass is 10.1. The highest BCUT2D eigenvalue weighted by Crippen LogP contribution is 2.35. The molecule has 186 valence electrons. The van der Waals surface area contributed by atoms with Gasteiger partial charge in [0, 0.05) is 35.8 Å². The van der Waals surface area contributed by atoms with Gasteiger partial charge in [0.05, 0.1) is 17.0 Å². The number of hydrogen-bond acceptors (Lipinski definition) is 5. The van der Waals surface area contributed by atoms with Crippen molar-refractivity contribution in [2.75, 3.05) is 19.6 Å². The summed E-state index contributed by atoms with van der Waals surface area (Å²) in [6, 6.07) is 14.6. The van der Waals surface area contributed by atoms with Crippen molar-refractivity contribution >= 4 is 51.6 Å². The van der Waals surface area contributed by atoms with Crippen molar-refractivity contribution < 1.29 is 19.2 Å². The van der Waals surface area contributed by atoms with E-state index >= 15 is 0 Å². The number of nitrogens with zero attached hydrogens (tertiary/aromatic N) is 3. The number of benzene rings is 2. The lowest BCUT2D eigenvalue weighted by Gasteiger charge is -2.19. The first kappa shape index (κ1) is 25.4. The van der Waals surface area contributed by atoms with Crippen LogP contribution in [0.4, 0.5) is 4.79 Å². The maximum absolute atomic E-state index is 13.1. The van der Waals surface area contributed by atoms with Crippen molar-refractivity contribution in [3.63, 3.8) is 0 Å². The molecular weight excluding hydrogens is 474 g/mol. The highest BCUT2D eigenvalue weighted by atomic mass is 32.2. The molecule has 2 heterocycles. The zero-order chi connectivity index (χ0) is 25.8. The van der Waals surface area contributed by atoms with E-state index in [0.717, 1.165) is 45.1 Å². The molecule has 7 nitrogen and oxygen atoms in total. The standard InChI is InChI=1S/C28H29N3O4S/c1-4-19-13-10-14-22-21(16-30(26(19)22)18-25(33)29(5-2)6-3)15-24-27(34)31(28(35)36-24)17-23(32)20-11-8-7-9-12-20/h7-16H,4-6,17-18H2,1-3H3/b24-15-. The van der Waals surface area contributed by atoms with Gasteiger partial charge < -0.3 is 9.47 Å². The molecule has 0 radical (unpaired) electrons. The summed E-state index contributed by atoms with van der Waals surface area (Å²) in [5, 5.41) is 0.444. The van der Waals surface area contributed by atoms with E-state index in [1.54, 1.807) is 41.3 Å². The van der Waals surface area contributed by atoms with Gasteiger partial charge in [0.1, 0.15) is 6.54 Å². The van der Waals surface area contributed by atoms with Gasteiger partial charge in [-0.15, -0.1) is 0 Å². The lowest BCUT2D eigenvalue weighted by molar-refractivity contribution is -0.131. The molecule has 36 heavy (non-hydrogen) atoms. The molecule has 3 aromatic rings. The zero-order valence-electron chi connectivity index (χ0n) is 20.7. The molecule has 1 aromatic heterocycles. The topological polar surface area (TPSA) is 79.7 Å². The first-order valence-corrected chi connectivity index (χ1v) is 12.9. The van der Waals surface area contributed by atoms with E-state index in [4.69, 9.17) is 0 Å². The monoisotopic (exact) mass is 503 g/mol. The molecule has 3 amide bonds. The first-order valence-electron chi connectivity index (χ1n) is 12.1. The Balaban J connectivity index is 1.66. The molecule has 0 spiro atoms. The number of Topliss-reactive ketones (excluding diaryl/α,β-unsaturated/α-hetero) is 1. The molecule has 8 heteroatoms. The van der Waals surface area contributed by atoms with Crippen LogP contribution in [0.5, 0.6) is 0 Å². The van der Waals surface area contributed by atoms with Crippen LogP contribution in [0.1, 0.15) is 42.3 Å². The van der Waals surface area contributed by atoms with Crippen molar-refractivity contribution in [2.24, 2.45) is 0 Å². The van der Waals surface area contributed by atoms with Gasteiger partial charge in [0.25, 0.3) is 11.1 Å². The number of hydrogen-bond donors (Lipinski definition) is 0. The van der Waals surface area contributed by atoms with E-state index in [1.165, 1.54) is 0 Å². The minimum atomic E-state index is -0.485. The fourth-order valence-corrected chi connectivity index (χ4v) is 5.28. The van der Waals surface area contributed by atoms with E-state index in [1.807, 2.05) is 42.8 Å². The summed E-state index contributed by atoms with van der Waals surface area (Å²) in [6.45, 7) is 7.14. The quantitative estimate of drug-likeness (QED) is 0.304. The molecule has 2 aromatic carbocycles. The van der Waals surface area contributed by atoms with Gasteiger partial charge in [-0.05, 0) is 43.7 Å². The van der Waals surface area contributed by atoms with Crippen LogP contribution in [0.3, 0.4) is 0 Å². The summed E-state index contributed by atoms with van der Waals surface area (Å²) in [5.41, 5.74) is 3.26. The number of imide groups is 1. The summed E-state index contributed by atoms with van der Waals surface area (Å²) < 4.78 is 1.93. The molecule has 1 aliphatic rings. The number of aryl methyl sites for hydroxylation is 1. The Morgan fingerprint density at radius 3 is 2.33 bits per heavy atom. The third-order valence-corrected chi connectivity index (χ3v) is 7.28. The number of likely N-dealkylation sites (N-methyl/N-ethyl adjacent to an activating group) is 1. The van der Waals surface area contributed by atoms with Crippen molar-refractivity contribution in [1.82, 2.24) is 14.4 Å². The van der Waals surface area contributed by atoms with E-state index < -0.39 is 11.1 Å². The smallest absolute Gasteiger partial charge is 0.293 e. The van der Waals surface area contributed by atoms with Crippen LogP contribution >= 0.6 is 11.8 Å². The van der Waals surface area contributed by atoms with Crippen molar-refractivity contribution in [1.29, 1.82) is 0 Å². The normalized spacial score (nSPS) is 14.8. The van der Waals surface area contributed by atoms with Crippen LogP contribution in [0.25, 0.3) is 17.0 Å². The second-order valence-electron chi connectivity index (χ2n) is 8.50.